The Morgan fingerprint density at radius 1 is 1.30 bits per heavy atom. The molecule has 1 fully saturated rings. The molecule has 9 heteroatoms. The largest absolute Gasteiger partial charge is 0.372 e. The van der Waals surface area contributed by atoms with Crippen LogP contribution in [0.15, 0.2) is 5.38 Å². The van der Waals surface area contributed by atoms with Crippen LogP contribution in [0.2, 0.25) is 0 Å². The highest BCUT2D eigenvalue weighted by Gasteiger charge is 2.29. The molecule has 2 aliphatic heterocycles. The Labute approximate surface area is 145 Å². The summed E-state index contributed by atoms with van der Waals surface area (Å²) in [5, 5.41) is 15.0. The molecule has 1 N–H and O–H groups in total. The van der Waals surface area contributed by atoms with Crippen LogP contribution in [0.5, 0.6) is 0 Å². The molecule has 2 aliphatic rings. The van der Waals surface area contributed by atoms with Crippen LogP contribution in [0.3, 0.4) is 0 Å². The number of morpholine rings is 1. The van der Waals surface area contributed by atoms with Gasteiger partial charge in [0.15, 0.2) is 11.0 Å². The summed E-state index contributed by atoms with van der Waals surface area (Å²) < 4.78 is 7.94. The van der Waals surface area contributed by atoms with Crippen molar-refractivity contribution >= 4 is 28.9 Å². The number of hydrogen-bond donors (Lipinski definition) is 1. The number of hydrogen-bond acceptors (Lipinski definition) is 7. The Morgan fingerprint density at radius 3 is 3.00 bits per heavy atom. The normalized spacial score (nSPS) is 20.0. The molecular weight excluding hydrogens is 336 g/mol. The van der Waals surface area contributed by atoms with E-state index in [1.54, 1.807) is 11.3 Å². The van der Waals surface area contributed by atoms with E-state index in [0.29, 0.717) is 0 Å². The maximum atomic E-state index is 5.77. The van der Waals surface area contributed by atoms with Crippen molar-refractivity contribution in [3.05, 3.63) is 11.2 Å². The summed E-state index contributed by atoms with van der Waals surface area (Å²) >= 11 is 1.67. The highest BCUT2D eigenvalue weighted by Crippen LogP contribution is 2.30. The molecule has 4 heterocycles. The highest BCUT2D eigenvalue weighted by molar-refractivity contribution is 7.14. The topological polar surface area (TPSA) is 68.1 Å². The van der Waals surface area contributed by atoms with Gasteiger partial charge in [0.25, 0.3) is 0 Å². The highest BCUT2D eigenvalue weighted by atomic mass is 35.5. The second-order valence-corrected chi connectivity index (χ2v) is 7.15. The van der Waals surface area contributed by atoms with E-state index in [-0.39, 0.29) is 18.0 Å². The maximum Gasteiger partial charge on any atom is 0.186 e. The van der Waals surface area contributed by atoms with E-state index in [1.807, 2.05) is 0 Å². The third kappa shape index (κ3) is 3.21. The monoisotopic (exact) mass is 356 g/mol. The molecule has 0 spiro atoms. The first-order chi connectivity index (χ1) is 10.6. The molecule has 1 saturated heterocycles. The Morgan fingerprint density at radius 2 is 2.17 bits per heavy atom. The van der Waals surface area contributed by atoms with Gasteiger partial charge in [0.2, 0.25) is 0 Å². The fraction of sp³-hybridized carbons (Fsp3) is 0.643. The molecule has 0 radical (unpaired) electrons. The minimum absolute atomic E-state index is 0. The zero-order chi connectivity index (χ0) is 15.2. The van der Waals surface area contributed by atoms with E-state index in [2.05, 4.69) is 44.2 Å². The molecule has 0 unspecified atom stereocenters. The average Bonchev–Trinajstić information content (AvgIpc) is 3.12. The van der Waals surface area contributed by atoms with Crippen LogP contribution in [0.4, 0.5) is 5.13 Å². The predicted octanol–water partition coefficient (Wildman–Crippen LogP) is 1.54. The molecule has 4 rings (SSSR count). The third-order valence-electron chi connectivity index (χ3n) is 4.04. The van der Waals surface area contributed by atoms with Gasteiger partial charge in [-0.15, -0.1) is 33.9 Å². The van der Waals surface area contributed by atoms with Crippen LogP contribution < -0.4 is 10.2 Å². The Bertz CT molecular complexity index is 685. The van der Waals surface area contributed by atoms with Crippen molar-refractivity contribution in [2.75, 3.05) is 31.1 Å². The quantitative estimate of drug-likeness (QED) is 0.880. The molecule has 0 saturated carbocycles. The SMILES string of the molecule is CC1(C)CN(c2nc(-c3nnc4n3CCNC4)cs2)CCO1.Cl. The molecule has 2 aromatic rings. The minimum atomic E-state index is -0.121. The van der Waals surface area contributed by atoms with Gasteiger partial charge < -0.3 is 19.5 Å². The van der Waals surface area contributed by atoms with Gasteiger partial charge in [-0.2, -0.15) is 0 Å². The van der Waals surface area contributed by atoms with Crippen molar-refractivity contribution in [2.24, 2.45) is 0 Å². The zero-order valence-electron chi connectivity index (χ0n) is 13.3. The number of halogens is 1. The lowest BCUT2D eigenvalue weighted by molar-refractivity contribution is -0.0276. The standard InChI is InChI=1S/C14H20N6OS.ClH/c1-14(2)9-19(5-6-21-14)13-16-10(8-22-13)12-18-17-11-7-15-3-4-20(11)12;/h8,15H,3-7,9H2,1-2H3;1H. The van der Waals surface area contributed by atoms with Crippen molar-refractivity contribution in [1.29, 1.82) is 0 Å². The van der Waals surface area contributed by atoms with Crippen LogP contribution in [0, 0.1) is 0 Å². The Kier molecular flexibility index (Phi) is 4.59. The molecule has 7 nitrogen and oxygen atoms in total. The second-order valence-electron chi connectivity index (χ2n) is 6.31. The zero-order valence-corrected chi connectivity index (χ0v) is 14.9. The molecule has 2 aromatic heterocycles. The summed E-state index contributed by atoms with van der Waals surface area (Å²) in [6, 6.07) is 0. The fourth-order valence-electron chi connectivity index (χ4n) is 2.97. The van der Waals surface area contributed by atoms with Crippen molar-refractivity contribution in [2.45, 2.75) is 32.5 Å². The van der Waals surface area contributed by atoms with Crippen molar-refractivity contribution in [1.82, 2.24) is 25.1 Å². The first-order valence-electron chi connectivity index (χ1n) is 7.60. The van der Waals surface area contributed by atoms with Crippen LogP contribution in [0.25, 0.3) is 11.5 Å². The fourth-order valence-corrected chi connectivity index (χ4v) is 3.80. The number of rotatable bonds is 2. The Balaban J connectivity index is 0.00000156. The molecule has 0 aliphatic carbocycles. The van der Waals surface area contributed by atoms with E-state index in [9.17, 15) is 0 Å². The smallest absolute Gasteiger partial charge is 0.186 e. The van der Waals surface area contributed by atoms with Crippen LogP contribution in [-0.4, -0.2) is 51.6 Å². The molecular formula is C14H21ClN6OS. The van der Waals surface area contributed by atoms with Gasteiger partial charge in [-0.3, -0.25) is 0 Å². The summed E-state index contributed by atoms with van der Waals surface area (Å²) in [5.41, 5.74) is 0.800. The summed E-state index contributed by atoms with van der Waals surface area (Å²) in [7, 11) is 0. The van der Waals surface area contributed by atoms with Gasteiger partial charge in [0, 0.05) is 31.6 Å². The van der Waals surface area contributed by atoms with E-state index in [0.717, 1.165) is 61.8 Å². The lowest BCUT2D eigenvalue weighted by Crippen LogP contribution is -2.48. The van der Waals surface area contributed by atoms with Gasteiger partial charge in [-0.05, 0) is 13.8 Å². The minimum Gasteiger partial charge on any atom is -0.372 e. The number of ether oxygens (including phenoxy) is 1. The molecule has 0 bridgehead atoms. The number of nitrogens with one attached hydrogen (secondary N) is 1. The van der Waals surface area contributed by atoms with E-state index >= 15 is 0 Å². The van der Waals surface area contributed by atoms with Crippen molar-refractivity contribution < 1.29 is 4.74 Å². The Hall–Kier alpha value is -1.22. The van der Waals surface area contributed by atoms with Crippen LogP contribution in [0.1, 0.15) is 19.7 Å². The number of fused-ring (bicyclic) bond motifs is 1. The van der Waals surface area contributed by atoms with Gasteiger partial charge >= 0.3 is 0 Å². The predicted molar refractivity (Wildman–Crippen MR) is 92.3 cm³/mol. The summed E-state index contributed by atoms with van der Waals surface area (Å²) in [4.78, 5) is 7.09. The first kappa shape index (κ1) is 16.6. The molecule has 0 aromatic carbocycles. The van der Waals surface area contributed by atoms with Crippen LogP contribution in [-0.2, 0) is 17.8 Å². The van der Waals surface area contributed by atoms with Gasteiger partial charge in [-0.1, -0.05) is 0 Å². The molecule has 0 amide bonds. The van der Waals surface area contributed by atoms with Gasteiger partial charge in [0.05, 0.1) is 18.8 Å². The summed E-state index contributed by atoms with van der Waals surface area (Å²) in [6.07, 6.45) is 0. The lowest BCUT2D eigenvalue weighted by atomic mass is 10.1. The van der Waals surface area contributed by atoms with Gasteiger partial charge in [0.1, 0.15) is 11.5 Å². The second kappa shape index (κ2) is 6.35. The van der Waals surface area contributed by atoms with Gasteiger partial charge in [-0.25, -0.2) is 4.98 Å². The van der Waals surface area contributed by atoms with Crippen molar-refractivity contribution in [3.8, 4) is 11.5 Å². The number of anilines is 1. The number of aromatic nitrogens is 4. The van der Waals surface area contributed by atoms with Crippen LogP contribution >= 0.6 is 23.7 Å². The lowest BCUT2D eigenvalue weighted by Gasteiger charge is -2.37. The summed E-state index contributed by atoms with van der Waals surface area (Å²) in [6.45, 7) is 9.36. The van der Waals surface area contributed by atoms with E-state index in [4.69, 9.17) is 9.72 Å². The van der Waals surface area contributed by atoms with E-state index in [1.165, 1.54) is 0 Å². The third-order valence-corrected chi connectivity index (χ3v) is 4.94. The number of nitrogens with zero attached hydrogens (tertiary/aromatic N) is 5. The first-order valence-corrected chi connectivity index (χ1v) is 8.48. The molecule has 0 atom stereocenters. The molecule has 23 heavy (non-hydrogen) atoms. The maximum absolute atomic E-state index is 5.77. The number of thiazole rings is 1. The van der Waals surface area contributed by atoms with E-state index < -0.39 is 0 Å². The summed E-state index contributed by atoms with van der Waals surface area (Å²) in [5.74, 6) is 1.87. The molecule has 126 valence electrons. The van der Waals surface area contributed by atoms with Crippen molar-refractivity contribution in [3.63, 3.8) is 0 Å². The average molecular weight is 357 g/mol.